The Morgan fingerprint density at radius 1 is 1.45 bits per heavy atom. The van der Waals surface area contributed by atoms with Crippen LogP contribution >= 0.6 is 11.3 Å². The summed E-state index contributed by atoms with van der Waals surface area (Å²) < 4.78 is 27.6. The summed E-state index contributed by atoms with van der Waals surface area (Å²) in [5.74, 6) is 5.74. The summed E-state index contributed by atoms with van der Waals surface area (Å²) in [6.07, 6.45) is 1.90. The number of hydrogen-bond acceptors (Lipinski definition) is 4. The number of nitrogens with two attached hydrogens (primary N) is 1. The topological polar surface area (TPSA) is 66.6 Å². The quantitative estimate of drug-likeness (QED) is 0.837. The van der Waals surface area contributed by atoms with E-state index in [0.29, 0.717) is 26.2 Å². The summed E-state index contributed by atoms with van der Waals surface area (Å²) in [6, 6.07) is 1.92. The molecule has 0 bridgehead atoms. The van der Waals surface area contributed by atoms with Crippen molar-refractivity contribution in [2.24, 2.45) is 5.73 Å². The van der Waals surface area contributed by atoms with E-state index in [9.17, 15) is 8.42 Å². The molecule has 0 spiro atoms. The van der Waals surface area contributed by atoms with E-state index in [1.807, 2.05) is 11.4 Å². The first-order valence-corrected chi connectivity index (χ1v) is 8.79. The van der Waals surface area contributed by atoms with Crippen LogP contribution in [0, 0.1) is 11.8 Å². The smallest absolute Gasteiger partial charge is 0.282 e. The highest BCUT2D eigenvalue weighted by molar-refractivity contribution is 7.86. The number of thiophene rings is 1. The fraction of sp³-hybridized carbons (Fsp3) is 0.538. The molecule has 20 heavy (non-hydrogen) atoms. The number of rotatable bonds is 4. The molecule has 0 atom stereocenters. The lowest BCUT2D eigenvalue weighted by Gasteiger charge is -2.23. The van der Waals surface area contributed by atoms with Gasteiger partial charge in [-0.25, -0.2) is 0 Å². The molecule has 0 saturated carbocycles. The molecule has 2 heterocycles. The lowest BCUT2D eigenvalue weighted by Crippen LogP contribution is -2.39. The molecule has 7 heteroatoms. The van der Waals surface area contributed by atoms with Crippen LogP contribution in [-0.4, -0.2) is 43.7 Å². The van der Waals surface area contributed by atoms with Gasteiger partial charge < -0.3 is 5.73 Å². The van der Waals surface area contributed by atoms with Crippen molar-refractivity contribution in [3.63, 3.8) is 0 Å². The van der Waals surface area contributed by atoms with Crippen LogP contribution in [0.4, 0.5) is 0 Å². The molecule has 2 rings (SSSR count). The average Bonchev–Trinajstić information content (AvgIpc) is 3.07. The Hall–Kier alpha value is -0.910. The van der Waals surface area contributed by atoms with Gasteiger partial charge in [-0.2, -0.15) is 17.0 Å². The standard InChI is InChI=1S/C13H19N3O2S2/c1-15(20(17,18)16-7-2-3-8-16)10-13-9-12(11-19-13)5-4-6-14/h9,11H,2-3,6-8,10,14H2,1H3. The van der Waals surface area contributed by atoms with E-state index in [0.717, 1.165) is 23.3 Å². The summed E-state index contributed by atoms with van der Waals surface area (Å²) in [5, 5.41) is 1.92. The fourth-order valence-electron chi connectivity index (χ4n) is 2.10. The van der Waals surface area contributed by atoms with Crippen LogP contribution < -0.4 is 5.73 Å². The average molecular weight is 313 g/mol. The number of nitrogens with zero attached hydrogens (tertiary/aromatic N) is 2. The van der Waals surface area contributed by atoms with Crippen molar-refractivity contribution in [2.75, 3.05) is 26.7 Å². The highest BCUT2D eigenvalue weighted by Gasteiger charge is 2.29. The Morgan fingerprint density at radius 2 is 2.15 bits per heavy atom. The monoisotopic (exact) mass is 313 g/mol. The molecule has 0 unspecified atom stereocenters. The predicted octanol–water partition coefficient (Wildman–Crippen LogP) is 0.831. The van der Waals surface area contributed by atoms with E-state index in [1.165, 1.54) is 15.6 Å². The first kappa shape index (κ1) is 15.5. The van der Waals surface area contributed by atoms with Crippen molar-refractivity contribution in [1.29, 1.82) is 0 Å². The van der Waals surface area contributed by atoms with E-state index in [1.54, 1.807) is 11.4 Å². The van der Waals surface area contributed by atoms with Crippen molar-refractivity contribution in [3.05, 3.63) is 21.9 Å². The minimum Gasteiger partial charge on any atom is -0.320 e. The van der Waals surface area contributed by atoms with Crippen molar-refractivity contribution in [2.45, 2.75) is 19.4 Å². The molecule has 2 N–H and O–H groups in total. The molecule has 0 aromatic carbocycles. The Labute approximate surface area is 124 Å². The van der Waals surface area contributed by atoms with E-state index in [2.05, 4.69) is 11.8 Å². The Bertz CT molecular complexity index is 607. The summed E-state index contributed by atoms with van der Waals surface area (Å²) in [5.41, 5.74) is 6.22. The van der Waals surface area contributed by atoms with Gasteiger partial charge in [0.2, 0.25) is 0 Å². The molecule has 1 saturated heterocycles. The van der Waals surface area contributed by atoms with Crippen LogP contribution in [-0.2, 0) is 16.8 Å². The molecule has 1 aromatic rings. The van der Waals surface area contributed by atoms with Gasteiger partial charge in [0.1, 0.15) is 0 Å². The summed E-state index contributed by atoms with van der Waals surface area (Å²) >= 11 is 1.52. The van der Waals surface area contributed by atoms with E-state index in [4.69, 9.17) is 5.73 Å². The maximum absolute atomic E-state index is 12.3. The molecular weight excluding hydrogens is 294 g/mol. The van der Waals surface area contributed by atoms with Crippen molar-refractivity contribution in [1.82, 2.24) is 8.61 Å². The maximum Gasteiger partial charge on any atom is 0.282 e. The minimum atomic E-state index is -3.33. The highest BCUT2D eigenvalue weighted by Crippen LogP contribution is 2.20. The van der Waals surface area contributed by atoms with Crippen LogP contribution in [0.25, 0.3) is 0 Å². The van der Waals surface area contributed by atoms with Gasteiger partial charge in [-0.05, 0) is 18.9 Å². The summed E-state index contributed by atoms with van der Waals surface area (Å²) in [7, 11) is -1.70. The third-order valence-electron chi connectivity index (χ3n) is 3.15. The van der Waals surface area contributed by atoms with E-state index in [-0.39, 0.29) is 0 Å². The molecule has 1 aromatic heterocycles. The van der Waals surface area contributed by atoms with Gasteiger partial charge in [-0.1, -0.05) is 11.8 Å². The van der Waals surface area contributed by atoms with Gasteiger partial charge in [0.05, 0.1) is 6.54 Å². The second-order valence-electron chi connectivity index (χ2n) is 4.68. The summed E-state index contributed by atoms with van der Waals surface area (Å²) in [4.78, 5) is 0.983. The first-order chi connectivity index (χ1) is 9.54. The Morgan fingerprint density at radius 3 is 2.80 bits per heavy atom. The Kier molecular flexibility index (Phi) is 5.18. The van der Waals surface area contributed by atoms with E-state index < -0.39 is 10.2 Å². The predicted molar refractivity (Wildman–Crippen MR) is 81.4 cm³/mol. The maximum atomic E-state index is 12.3. The summed E-state index contributed by atoms with van der Waals surface area (Å²) in [6.45, 7) is 1.97. The lowest BCUT2D eigenvalue weighted by atomic mass is 10.3. The molecule has 0 amide bonds. The minimum absolute atomic E-state index is 0.328. The molecular formula is C13H19N3O2S2. The molecule has 0 radical (unpaired) electrons. The van der Waals surface area contributed by atoms with Gasteiger partial charge in [-0.3, -0.25) is 0 Å². The number of hydrogen-bond donors (Lipinski definition) is 1. The van der Waals surface area contributed by atoms with Crippen LogP contribution in [0.1, 0.15) is 23.3 Å². The molecule has 0 aliphatic carbocycles. The molecule has 110 valence electrons. The molecule has 1 aliphatic rings. The third kappa shape index (κ3) is 3.59. The highest BCUT2D eigenvalue weighted by atomic mass is 32.2. The van der Waals surface area contributed by atoms with Crippen LogP contribution in [0.5, 0.6) is 0 Å². The van der Waals surface area contributed by atoms with Gasteiger partial charge in [0, 0.05) is 42.5 Å². The van der Waals surface area contributed by atoms with E-state index >= 15 is 0 Å². The van der Waals surface area contributed by atoms with Gasteiger partial charge in [0.15, 0.2) is 0 Å². The van der Waals surface area contributed by atoms with Gasteiger partial charge in [-0.15, -0.1) is 11.3 Å². The van der Waals surface area contributed by atoms with Crippen LogP contribution in [0.15, 0.2) is 11.4 Å². The zero-order valence-electron chi connectivity index (χ0n) is 11.5. The third-order valence-corrected chi connectivity index (χ3v) is 6.01. The van der Waals surface area contributed by atoms with Crippen LogP contribution in [0.3, 0.4) is 0 Å². The largest absolute Gasteiger partial charge is 0.320 e. The lowest BCUT2D eigenvalue weighted by molar-refractivity contribution is 0.393. The zero-order valence-corrected chi connectivity index (χ0v) is 13.1. The molecule has 1 aliphatic heterocycles. The Balaban J connectivity index is 2.03. The van der Waals surface area contributed by atoms with Crippen molar-refractivity contribution < 1.29 is 8.42 Å². The van der Waals surface area contributed by atoms with Crippen molar-refractivity contribution >= 4 is 21.5 Å². The normalized spacial score (nSPS) is 16.4. The van der Waals surface area contributed by atoms with Crippen LogP contribution in [0.2, 0.25) is 0 Å². The van der Waals surface area contributed by atoms with Gasteiger partial charge in [0.25, 0.3) is 10.2 Å². The van der Waals surface area contributed by atoms with Gasteiger partial charge >= 0.3 is 0 Å². The van der Waals surface area contributed by atoms with Crippen molar-refractivity contribution in [3.8, 4) is 11.8 Å². The molecule has 1 fully saturated rings. The fourth-order valence-corrected chi connectivity index (χ4v) is 4.47. The zero-order chi connectivity index (χ0) is 14.6. The first-order valence-electron chi connectivity index (χ1n) is 6.52. The second kappa shape index (κ2) is 6.70. The molecule has 5 nitrogen and oxygen atoms in total. The SMILES string of the molecule is CN(Cc1cc(C#CCN)cs1)S(=O)(=O)N1CCCC1. The second-order valence-corrected chi connectivity index (χ2v) is 7.71.